The summed E-state index contributed by atoms with van der Waals surface area (Å²) < 4.78 is 23.3. The first kappa shape index (κ1) is 21.0. The molecule has 2 rings (SSSR count). The van der Waals surface area contributed by atoms with Crippen molar-refractivity contribution in [1.29, 1.82) is 0 Å². The van der Waals surface area contributed by atoms with E-state index in [2.05, 4.69) is 23.4 Å². The van der Waals surface area contributed by atoms with E-state index in [4.69, 9.17) is 9.47 Å². The van der Waals surface area contributed by atoms with E-state index in [1.54, 1.807) is 12.1 Å². The summed E-state index contributed by atoms with van der Waals surface area (Å²) in [5.41, 5.74) is 1.85. The van der Waals surface area contributed by atoms with Gasteiger partial charge >= 0.3 is 0 Å². The van der Waals surface area contributed by atoms with Crippen LogP contribution in [0.5, 0.6) is 11.5 Å². The number of nitrogens with one attached hydrogen (secondary N) is 1. The molecule has 5 nitrogen and oxygen atoms in total. The number of alkyl halides is 1. The molecule has 0 aromatic heterocycles. The molecule has 0 saturated carbocycles. The summed E-state index contributed by atoms with van der Waals surface area (Å²) in [6.07, 6.45) is 4.78. The predicted octanol–water partition coefficient (Wildman–Crippen LogP) is 3.50. The Morgan fingerprint density at radius 2 is 2.19 bits per heavy atom. The molecule has 1 aliphatic rings. The summed E-state index contributed by atoms with van der Waals surface area (Å²) in [5, 5.41) is 2.92. The standard InChI is InChI=1S/C21H29FN2O3/c1-5-11-24-12-7-9-18(24)15(2)23-21(25)17-13-16(8-6-10-22)14-19(26-3)20(17)27-4/h5,13-14,18H,1-2,6-12H2,3-4H3,(H,23,25)/t18-/m0/s1. The highest BCUT2D eigenvalue weighted by molar-refractivity contribution is 5.99. The van der Waals surface area contributed by atoms with Crippen LogP contribution in [0.1, 0.15) is 35.2 Å². The summed E-state index contributed by atoms with van der Waals surface area (Å²) in [7, 11) is 3.01. The first-order valence-corrected chi connectivity index (χ1v) is 9.21. The molecule has 1 amide bonds. The zero-order valence-corrected chi connectivity index (χ0v) is 16.2. The molecule has 0 unspecified atom stereocenters. The number of hydrogen-bond donors (Lipinski definition) is 1. The first-order chi connectivity index (χ1) is 13.0. The van der Waals surface area contributed by atoms with Gasteiger partial charge in [0.1, 0.15) is 0 Å². The van der Waals surface area contributed by atoms with E-state index >= 15 is 0 Å². The van der Waals surface area contributed by atoms with Crippen LogP contribution in [0.2, 0.25) is 0 Å². The van der Waals surface area contributed by atoms with Gasteiger partial charge in [0.15, 0.2) is 11.5 Å². The Bertz CT molecular complexity index is 690. The first-order valence-electron chi connectivity index (χ1n) is 9.21. The maximum Gasteiger partial charge on any atom is 0.259 e. The Kier molecular flexibility index (Phi) is 7.85. The lowest BCUT2D eigenvalue weighted by Crippen LogP contribution is -2.38. The molecule has 0 aliphatic carbocycles. The summed E-state index contributed by atoms with van der Waals surface area (Å²) >= 11 is 0. The van der Waals surface area contributed by atoms with Gasteiger partial charge < -0.3 is 14.8 Å². The fourth-order valence-electron chi connectivity index (χ4n) is 3.51. The van der Waals surface area contributed by atoms with Crippen LogP contribution in [0.3, 0.4) is 0 Å². The lowest BCUT2D eigenvalue weighted by Gasteiger charge is -2.25. The number of carbonyl (C=O) groups excluding carboxylic acids is 1. The fourth-order valence-corrected chi connectivity index (χ4v) is 3.51. The van der Waals surface area contributed by atoms with E-state index < -0.39 is 6.67 Å². The third kappa shape index (κ3) is 5.10. The van der Waals surface area contributed by atoms with Gasteiger partial charge in [-0.1, -0.05) is 12.7 Å². The van der Waals surface area contributed by atoms with Gasteiger partial charge in [-0.15, -0.1) is 6.58 Å². The number of carbonyl (C=O) groups is 1. The Balaban J connectivity index is 2.23. The van der Waals surface area contributed by atoms with Crippen molar-refractivity contribution >= 4 is 5.91 Å². The lowest BCUT2D eigenvalue weighted by molar-refractivity contribution is 0.0955. The number of nitrogens with zero attached hydrogens (tertiary/aromatic N) is 1. The Hall–Kier alpha value is -2.34. The minimum absolute atomic E-state index is 0.0922. The summed E-state index contributed by atoms with van der Waals surface area (Å²) in [6.45, 7) is 9.17. The second-order valence-electron chi connectivity index (χ2n) is 6.59. The highest BCUT2D eigenvalue weighted by Gasteiger charge is 2.28. The molecule has 148 valence electrons. The molecule has 1 saturated heterocycles. The number of methoxy groups -OCH3 is 2. The maximum atomic E-state index is 12.9. The molecule has 1 aromatic rings. The van der Waals surface area contributed by atoms with Crippen molar-refractivity contribution in [1.82, 2.24) is 10.2 Å². The molecule has 1 atom stereocenters. The number of ether oxygens (including phenoxy) is 2. The Morgan fingerprint density at radius 3 is 2.81 bits per heavy atom. The second-order valence-corrected chi connectivity index (χ2v) is 6.59. The van der Waals surface area contributed by atoms with Crippen molar-refractivity contribution in [2.75, 3.05) is 34.0 Å². The smallest absolute Gasteiger partial charge is 0.259 e. The maximum absolute atomic E-state index is 12.9. The number of amides is 1. The molecular formula is C21H29FN2O3. The second kappa shape index (κ2) is 10.1. The fraction of sp³-hybridized carbons (Fsp3) is 0.476. The van der Waals surface area contributed by atoms with Crippen molar-refractivity contribution in [2.45, 2.75) is 31.7 Å². The summed E-state index contributed by atoms with van der Waals surface area (Å²) in [4.78, 5) is 15.2. The van der Waals surface area contributed by atoms with Gasteiger partial charge in [-0.2, -0.15) is 0 Å². The quantitative estimate of drug-likeness (QED) is 0.635. The van der Waals surface area contributed by atoms with Crippen molar-refractivity contribution < 1.29 is 18.7 Å². The zero-order valence-electron chi connectivity index (χ0n) is 16.2. The van der Waals surface area contributed by atoms with Gasteiger partial charge in [0.05, 0.1) is 26.5 Å². The molecule has 1 heterocycles. The molecule has 1 aliphatic heterocycles. The highest BCUT2D eigenvalue weighted by Crippen LogP contribution is 2.33. The average molecular weight is 376 g/mol. The topological polar surface area (TPSA) is 50.8 Å². The number of hydrogen-bond acceptors (Lipinski definition) is 4. The normalized spacial score (nSPS) is 16.8. The molecule has 0 spiro atoms. The van der Waals surface area contributed by atoms with Crippen LogP contribution in [-0.2, 0) is 6.42 Å². The van der Waals surface area contributed by atoms with Gasteiger partial charge in [-0.3, -0.25) is 14.1 Å². The number of rotatable bonds is 10. The molecule has 1 aromatic carbocycles. The summed E-state index contributed by atoms with van der Waals surface area (Å²) in [5.74, 6) is 0.516. The molecule has 27 heavy (non-hydrogen) atoms. The third-order valence-electron chi connectivity index (χ3n) is 4.79. The van der Waals surface area contributed by atoms with Crippen molar-refractivity contribution in [2.24, 2.45) is 0 Å². The van der Waals surface area contributed by atoms with E-state index in [-0.39, 0.29) is 11.9 Å². The molecule has 0 bridgehead atoms. The monoisotopic (exact) mass is 376 g/mol. The number of aryl methyl sites for hydroxylation is 1. The van der Waals surface area contributed by atoms with Crippen LogP contribution >= 0.6 is 0 Å². The largest absolute Gasteiger partial charge is 0.493 e. The van der Waals surface area contributed by atoms with E-state index in [1.807, 2.05) is 6.08 Å². The van der Waals surface area contributed by atoms with E-state index in [9.17, 15) is 9.18 Å². The number of likely N-dealkylation sites (tertiary alicyclic amines) is 1. The van der Waals surface area contributed by atoms with Crippen LogP contribution < -0.4 is 14.8 Å². The van der Waals surface area contributed by atoms with Crippen LogP contribution in [-0.4, -0.2) is 50.8 Å². The van der Waals surface area contributed by atoms with Gasteiger partial charge in [-0.25, -0.2) is 0 Å². The van der Waals surface area contributed by atoms with Crippen LogP contribution in [0.25, 0.3) is 0 Å². The zero-order chi connectivity index (χ0) is 19.8. The van der Waals surface area contributed by atoms with Crippen molar-refractivity contribution in [3.05, 3.63) is 48.2 Å². The molecule has 0 radical (unpaired) electrons. The minimum atomic E-state index is -0.409. The SMILES string of the molecule is C=CCN1CCC[C@H]1C(=C)NC(=O)c1cc(CCCF)cc(OC)c1OC. The number of benzene rings is 1. The van der Waals surface area contributed by atoms with E-state index in [0.717, 1.165) is 31.5 Å². The van der Waals surface area contributed by atoms with Gasteiger partial charge in [0, 0.05) is 18.3 Å². The Labute approximate surface area is 160 Å². The molecular weight excluding hydrogens is 347 g/mol. The van der Waals surface area contributed by atoms with E-state index in [0.29, 0.717) is 35.6 Å². The average Bonchev–Trinajstić information content (AvgIpc) is 3.14. The van der Waals surface area contributed by atoms with Gasteiger partial charge in [0.25, 0.3) is 5.91 Å². The van der Waals surface area contributed by atoms with Gasteiger partial charge in [-0.05, 0) is 49.9 Å². The lowest BCUT2D eigenvalue weighted by atomic mass is 10.0. The Morgan fingerprint density at radius 1 is 1.41 bits per heavy atom. The van der Waals surface area contributed by atoms with Crippen LogP contribution in [0.15, 0.2) is 37.1 Å². The van der Waals surface area contributed by atoms with Crippen LogP contribution in [0, 0.1) is 0 Å². The molecule has 1 N–H and O–H groups in total. The summed E-state index contributed by atoms with van der Waals surface area (Å²) in [6, 6.07) is 3.60. The number of halogens is 1. The van der Waals surface area contributed by atoms with E-state index in [1.165, 1.54) is 14.2 Å². The third-order valence-corrected chi connectivity index (χ3v) is 4.79. The van der Waals surface area contributed by atoms with Crippen molar-refractivity contribution in [3.63, 3.8) is 0 Å². The van der Waals surface area contributed by atoms with Gasteiger partial charge in [0.2, 0.25) is 0 Å². The molecule has 6 heteroatoms. The molecule has 1 fully saturated rings. The predicted molar refractivity (Wildman–Crippen MR) is 105 cm³/mol. The van der Waals surface area contributed by atoms with Crippen molar-refractivity contribution in [3.8, 4) is 11.5 Å². The minimum Gasteiger partial charge on any atom is -0.493 e. The highest BCUT2D eigenvalue weighted by atomic mass is 19.1. The van der Waals surface area contributed by atoms with Crippen LogP contribution in [0.4, 0.5) is 4.39 Å².